The third-order valence-electron chi connectivity index (χ3n) is 3.56. The lowest BCUT2D eigenvalue weighted by atomic mass is 10.1. The SMILES string of the molecule is Cc1cc(C)c(C#N)c(N(C)Cc2nnc3ccccn23)n1. The van der Waals surface area contributed by atoms with Crippen molar-refractivity contribution in [1.82, 2.24) is 19.6 Å². The highest BCUT2D eigenvalue weighted by Crippen LogP contribution is 2.22. The quantitative estimate of drug-likeness (QED) is 0.740. The van der Waals surface area contributed by atoms with Gasteiger partial charge in [0, 0.05) is 18.9 Å². The Morgan fingerprint density at radius 2 is 2.09 bits per heavy atom. The Kier molecular flexibility index (Phi) is 3.47. The van der Waals surface area contributed by atoms with Crippen LogP contribution in [0.4, 0.5) is 5.82 Å². The number of rotatable bonds is 3. The molecule has 0 atom stereocenters. The molecule has 6 heteroatoms. The zero-order chi connectivity index (χ0) is 15.7. The van der Waals surface area contributed by atoms with E-state index in [0.717, 1.165) is 22.7 Å². The maximum absolute atomic E-state index is 9.39. The van der Waals surface area contributed by atoms with Crippen LogP contribution >= 0.6 is 0 Å². The normalized spacial score (nSPS) is 10.6. The summed E-state index contributed by atoms with van der Waals surface area (Å²) >= 11 is 0. The average molecular weight is 292 g/mol. The number of aromatic nitrogens is 4. The third kappa shape index (κ3) is 2.37. The van der Waals surface area contributed by atoms with Gasteiger partial charge in [-0.15, -0.1) is 10.2 Å². The molecule has 0 spiro atoms. The van der Waals surface area contributed by atoms with Crippen LogP contribution in [0.3, 0.4) is 0 Å². The standard InChI is InChI=1S/C16H16N6/c1-11-8-12(2)18-16(13(11)9-17)21(3)10-15-20-19-14-6-4-5-7-22(14)15/h4-8H,10H2,1-3H3. The summed E-state index contributed by atoms with van der Waals surface area (Å²) in [6.45, 7) is 4.38. The first-order valence-corrected chi connectivity index (χ1v) is 6.98. The molecule has 0 amide bonds. The van der Waals surface area contributed by atoms with Crippen LogP contribution in [-0.4, -0.2) is 26.6 Å². The summed E-state index contributed by atoms with van der Waals surface area (Å²) in [5, 5.41) is 17.8. The fourth-order valence-corrected chi connectivity index (χ4v) is 2.52. The van der Waals surface area contributed by atoms with E-state index >= 15 is 0 Å². The molecule has 22 heavy (non-hydrogen) atoms. The number of hydrogen-bond donors (Lipinski definition) is 0. The van der Waals surface area contributed by atoms with Gasteiger partial charge in [0.05, 0.1) is 12.1 Å². The largest absolute Gasteiger partial charge is 0.351 e. The van der Waals surface area contributed by atoms with Crippen LogP contribution in [-0.2, 0) is 6.54 Å². The molecule has 0 unspecified atom stereocenters. The molecular formula is C16H16N6. The van der Waals surface area contributed by atoms with Crippen molar-refractivity contribution in [2.75, 3.05) is 11.9 Å². The number of fused-ring (bicyclic) bond motifs is 1. The van der Waals surface area contributed by atoms with Crippen molar-refractivity contribution in [3.63, 3.8) is 0 Å². The molecule has 0 fully saturated rings. The lowest BCUT2D eigenvalue weighted by Crippen LogP contribution is -2.21. The van der Waals surface area contributed by atoms with Gasteiger partial charge in [-0.1, -0.05) is 6.07 Å². The zero-order valence-corrected chi connectivity index (χ0v) is 12.8. The fraction of sp³-hybridized carbons (Fsp3) is 0.250. The second-order valence-electron chi connectivity index (χ2n) is 5.29. The van der Waals surface area contributed by atoms with Gasteiger partial charge in [0.2, 0.25) is 0 Å². The molecule has 0 saturated carbocycles. The minimum atomic E-state index is 0.524. The molecule has 3 rings (SSSR count). The highest BCUT2D eigenvalue weighted by atomic mass is 15.3. The van der Waals surface area contributed by atoms with Gasteiger partial charge in [-0.05, 0) is 37.6 Å². The maximum Gasteiger partial charge on any atom is 0.160 e. The lowest BCUT2D eigenvalue weighted by Gasteiger charge is -2.19. The van der Waals surface area contributed by atoms with E-state index in [-0.39, 0.29) is 0 Å². The summed E-state index contributed by atoms with van der Waals surface area (Å²) in [6, 6.07) is 9.94. The predicted molar refractivity (Wildman–Crippen MR) is 83.5 cm³/mol. The van der Waals surface area contributed by atoms with E-state index in [2.05, 4.69) is 21.3 Å². The number of aryl methyl sites for hydroxylation is 2. The second-order valence-corrected chi connectivity index (χ2v) is 5.29. The fourth-order valence-electron chi connectivity index (χ4n) is 2.52. The summed E-state index contributed by atoms with van der Waals surface area (Å²) in [7, 11) is 1.91. The maximum atomic E-state index is 9.39. The van der Waals surface area contributed by atoms with Crippen LogP contribution in [0, 0.1) is 25.2 Å². The molecule has 0 aliphatic rings. The van der Waals surface area contributed by atoms with Crippen molar-refractivity contribution in [2.24, 2.45) is 0 Å². The Hall–Kier alpha value is -2.94. The zero-order valence-electron chi connectivity index (χ0n) is 12.8. The molecule has 0 aliphatic heterocycles. The summed E-state index contributed by atoms with van der Waals surface area (Å²) in [6.07, 6.45) is 1.93. The smallest absolute Gasteiger partial charge is 0.160 e. The van der Waals surface area contributed by atoms with Crippen molar-refractivity contribution in [3.05, 3.63) is 53.1 Å². The highest BCUT2D eigenvalue weighted by Gasteiger charge is 2.15. The third-order valence-corrected chi connectivity index (χ3v) is 3.56. The minimum absolute atomic E-state index is 0.524. The second kappa shape index (κ2) is 5.45. The van der Waals surface area contributed by atoms with Gasteiger partial charge in [0.1, 0.15) is 11.9 Å². The van der Waals surface area contributed by atoms with Gasteiger partial charge in [0.15, 0.2) is 11.5 Å². The summed E-state index contributed by atoms with van der Waals surface area (Å²) in [5.41, 5.74) is 3.23. The van der Waals surface area contributed by atoms with E-state index in [1.807, 2.05) is 60.7 Å². The molecule has 3 aromatic rings. The van der Waals surface area contributed by atoms with Crippen molar-refractivity contribution < 1.29 is 0 Å². The van der Waals surface area contributed by atoms with Crippen LogP contribution in [0.25, 0.3) is 5.65 Å². The summed E-state index contributed by atoms with van der Waals surface area (Å²) < 4.78 is 1.94. The minimum Gasteiger partial charge on any atom is -0.351 e. The highest BCUT2D eigenvalue weighted by molar-refractivity contribution is 5.57. The van der Waals surface area contributed by atoms with E-state index in [9.17, 15) is 5.26 Å². The molecule has 0 bridgehead atoms. The van der Waals surface area contributed by atoms with E-state index in [1.54, 1.807) is 0 Å². The van der Waals surface area contributed by atoms with Gasteiger partial charge in [-0.25, -0.2) is 4.98 Å². The van der Waals surface area contributed by atoms with Crippen molar-refractivity contribution in [2.45, 2.75) is 20.4 Å². The van der Waals surface area contributed by atoms with Gasteiger partial charge in [-0.3, -0.25) is 4.40 Å². The molecule has 110 valence electrons. The summed E-state index contributed by atoms with van der Waals surface area (Å²) in [5.74, 6) is 1.48. The molecule has 3 heterocycles. The van der Waals surface area contributed by atoms with Crippen molar-refractivity contribution in [1.29, 1.82) is 5.26 Å². The Balaban J connectivity index is 1.99. The van der Waals surface area contributed by atoms with Crippen LogP contribution in [0.1, 0.15) is 22.6 Å². The first-order chi connectivity index (χ1) is 10.6. The topological polar surface area (TPSA) is 70.1 Å². The number of pyridine rings is 2. The van der Waals surface area contributed by atoms with Gasteiger partial charge >= 0.3 is 0 Å². The van der Waals surface area contributed by atoms with Gasteiger partial charge < -0.3 is 4.90 Å². The number of hydrogen-bond acceptors (Lipinski definition) is 5. The Morgan fingerprint density at radius 1 is 1.27 bits per heavy atom. The Morgan fingerprint density at radius 3 is 2.86 bits per heavy atom. The van der Waals surface area contributed by atoms with Crippen molar-refractivity contribution >= 4 is 11.5 Å². The van der Waals surface area contributed by atoms with E-state index in [0.29, 0.717) is 17.9 Å². The number of nitriles is 1. The lowest BCUT2D eigenvalue weighted by molar-refractivity contribution is 0.805. The molecule has 0 aliphatic carbocycles. The number of anilines is 1. The Bertz CT molecular complexity index is 874. The molecule has 0 N–H and O–H groups in total. The number of nitrogens with zero attached hydrogens (tertiary/aromatic N) is 6. The molecule has 6 nitrogen and oxygen atoms in total. The molecule has 0 radical (unpaired) electrons. The summed E-state index contributed by atoms with van der Waals surface area (Å²) in [4.78, 5) is 6.44. The molecular weight excluding hydrogens is 276 g/mol. The van der Waals surface area contributed by atoms with E-state index < -0.39 is 0 Å². The van der Waals surface area contributed by atoms with Crippen LogP contribution in [0.5, 0.6) is 0 Å². The van der Waals surface area contributed by atoms with Gasteiger partial charge in [-0.2, -0.15) is 5.26 Å². The molecule has 0 saturated heterocycles. The van der Waals surface area contributed by atoms with Crippen molar-refractivity contribution in [3.8, 4) is 6.07 Å². The average Bonchev–Trinajstić information content (AvgIpc) is 2.90. The Labute approximate surface area is 128 Å². The predicted octanol–water partition coefficient (Wildman–Crippen LogP) is 2.25. The van der Waals surface area contributed by atoms with Gasteiger partial charge in [0.25, 0.3) is 0 Å². The van der Waals surface area contributed by atoms with E-state index in [4.69, 9.17) is 0 Å². The monoisotopic (exact) mass is 292 g/mol. The van der Waals surface area contributed by atoms with Crippen LogP contribution < -0.4 is 4.90 Å². The first-order valence-electron chi connectivity index (χ1n) is 6.98. The van der Waals surface area contributed by atoms with Crippen LogP contribution in [0.15, 0.2) is 30.5 Å². The van der Waals surface area contributed by atoms with E-state index in [1.165, 1.54) is 0 Å². The van der Waals surface area contributed by atoms with Crippen LogP contribution in [0.2, 0.25) is 0 Å². The first kappa shape index (κ1) is 14.0. The molecule has 3 aromatic heterocycles. The molecule has 0 aromatic carbocycles.